The number of carbonyl (C=O) groups is 2. The third-order valence-electron chi connectivity index (χ3n) is 4.16. The zero-order chi connectivity index (χ0) is 13.3. The molecule has 4 unspecified atom stereocenters. The SMILES string of the molecule is CC1CCCN(C(=O)C2CCOC2C)C1C(=O)O. The van der Waals surface area contributed by atoms with Crippen LogP contribution in [0, 0.1) is 11.8 Å². The number of hydrogen-bond donors (Lipinski definition) is 1. The third kappa shape index (κ3) is 2.36. The van der Waals surface area contributed by atoms with Crippen LogP contribution in [0.15, 0.2) is 0 Å². The van der Waals surface area contributed by atoms with Gasteiger partial charge in [-0.15, -0.1) is 0 Å². The molecule has 1 amide bonds. The number of aliphatic carboxylic acids is 1. The van der Waals surface area contributed by atoms with Crippen molar-refractivity contribution in [3.05, 3.63) is 0 Å². The number of rotatable bonds is 2. The summed E-state index contributed by atoms with van der Waals surface area (Å²) in [6.07, 6.45) is 2.37. The average molecular weight is 255 g/mol. The third-order valence-corrected chi connectivity index (χ3v) is 4.16. The number of amides is 1. The van der Waals surface area contributed by atoms with E-state index in [1.807, 2.05) is 13.8 Å². The van der Waals surface area contributed by atoms with Gasteiger partial charge in [-0.05, 0) is 32.1 Å². The second kappa shape index (κ2) is 5.26. The van der Waals surface area contributed by atoms with Crippen molar-refractivity contribution in [2.45, 2.75) is 45.3 Å². The molecule has 0 aromatic heterocycles. The summed E-state index contributed by atoms with van der Waals surface area (Å²) in [6, 6.07) is -0.668. The Labute approximate surface area is 107 Å². The zero-order valence-corrected chi connectivity index (χ0v) is 11.0. The van der Waals surface area contributed by atoms with E-state index < -0.39 is 12.0 Å². The Bertz CT molecular complexity index is 344. The van der Waals surface area contributed by atoms with E-state index in [0.717, 1.165) is 12.8 Å². The number of carbonyl (C=O) groups excluding carboxylic acids is 1. The van der Waals surface area contributed by atoms with Crippen LogP contribution in [0.1, 0.15) is 33.1 Å². The lowest BCUT2D eigenvalue weighted by Crippen LogP contribution is -2.54. The summed E-state index contributed by atoms with van der Waals surface area (Å²) in [4.78, 5) is 25.4. The minimum absolute atomic E-state index is 0.0258. The average Bonchev–Trinajstić information content (AvgIpc) is 2.73. The molecule has 4 atom stereocenters. The highest BCUT2D eigenvalue weighted by Gasteiger charge is 2.42. The first-order chi connectivity index (χ1) is 8.52. The molecule has 102 valence electrons. The number of likely N-dealkylation sites (tertiary alicyclic amines) is 1. The van der Waals surface area contributed by atoms with Gasteiger partial charge < -0.3 is 14.7 Å². The van der Waals surface area contributed by atoms with Gasteiger partial charge in [-0.3, -0.25) is 4.79 Å². The van der Waals surface area contributed by atoms with E-state index in [2.05, 4.69) is 0 Å². The molecule has 0 saturated carbocycles. The number of hydrogen-bond acceptors (Lipinski definition) is 3. The number of nitrogens with zero attached hydrogens (tertiary/aromatic N) is 1. The van der Waals surface area contributed by atoms with Crippen LogP contribution in [0.3, 0.4) is 0 Å². The van der Waals surface area contributed by atoms with Crippen molar-refractivity contribution in [3.8, 4) is 0 Å². The minimum Gasteiger partial charge on any atom is -0.480 e. The van der Waals surface area contributed by atoms with Gasteiger partial charge in [0.05, 0.1) is 12.0 Å². The van der Waals surface area contributed by atoms with Gasteiger partial charge in [-0.2, -0.15) is 0 Å². The van der Waals surface area contributed by atoms with Gasteiger partial charge in [0.2, 0.25) is 5.91 Å². The maximum atomic E-state index is 12.5. The summed E-state index contributed by atoms with van der Waals surface area (Å²) in [5, 5.41) is 9.31. The Morgan fingerprint density at radius 1 is 1.28 bits per heavy atom. The highest BCUT2D eigenvalue weighted by atomic mass is 16.5. The molecule has 0 aromatic carbocycles. The fourth-order valence-corrected chi connectivity index (χ4v) is 3.08. The van der Waals surface area contributed by atoms with E-state index in [1.54, 1.807) is 4.90 Å². The molecule has 0 radical (unpaired) electrons. The van der Waals surface area contributed by atoms with Gasteiger partial charge in [0, 0.05) is 13.2 Å². The minimum atomic E-state index is -0.887. The second-order valence-corrected chi connectivity index (χ2v) is 5.41. The van der Waals surface area contributed by atoms with Gasteiger partial charge in [-0.25, -0.2) is 4.79 Å². The van der Waals surface area contributed by atoms with E-state index in [4.69, 9.17) is 4.74 Å². The lowest BCUT2D eigenvalue weighted by Gasteiger charge is -2.38. The van der Waals surface area contributed by atoms with Crippen LogP contribution in [0.4, 0.5) is 0 Å². The molecule has 2 rings (SSSR count). The van der Waals surface area contributed by atoms with Gasteiger partial charge in [0.1, 0.15) is 6.04 Å². The molecule has 2 saturated heterocycles. The van der Waals surface area contributed by atoms with Gasteiger partial charge in [0.15, 0.2) is 0 Å². The second-order valence-electron chi connectivity index (χ2n) is 5.41. The molecule has 1 N–H and O–H groups in total. The first-order valence-corrected chi connectivity index (χ1v) is 6.67. The van der Waals surface area contributed by atoms with Crippen LogP contribution < -0.4 is 0 Å². The summed E-state index contributed by atoms with van der Waals surface area (Å²) in [5.74, 6) is -1.07. The van der Waals surface area contributed by atoms with E-state index in [9.17, 15) is 14.7 Å². The Morgan fingerprint density at radius 2 is 2.00 bits per heavy atom. The Balaban J connectivity index is 2.14. The lowest BCUT2D eigenvalue weighted by atomic mass is 9.89. The summed E-state index contributed by atoms with van der Waals surface area (Å²) in [5.41, 5.74) is 0. The fourth-order valence-electron chi connectivity index (χ4n) is 3.08. The van der Waals surface area contributed by atoms with E-state index in [0.29, 0.717) is 19.6 Å². The maximum Gasteiger partial charge on any atom is 0.326 e. The van der Waals surface area contributed by atoms with Crippen molar-refractivity contribution >= 4 is 11.9 Å². The van der Waals surface area contributed by atoms with Gasteiger partial charge in [-0.1, -0.05) is 6.92 Å². The van der Waals surface area contributed by atoms with Crippen molar-refractivity contribution in [3.63, 3.8) is 0 Å². The first kappa shape index (κ1) is 13.3. The van der Waals surface area contributed by atoms with Gasteiger partial charge >= 0.3 is 5.97 Å². The van der Waals surface area contributed by atoms with Crippen molar-refractivity contribution < 1.29 is 19.4 Å². The Morgan fingerprint density at radius 3 is 2.56 bits per heavy atom. The number of ether oxygens (including phenoxy) is 1. The highest BCUT2D eigenvalue weighted by Crippen LogP contribution is 2.29. The van der Waals surface area contributed by atoms with Crippen LogP contribution in [-0.4, -0.2) is 47.2 Å². The van der Waals surface area contributed by atoms with Crippen molar-refractivity contribution in [2.24, 2.45) is 11.8 Å². The van der Waals surface area contributed by atoms with E-state index in [1.165, 1.54) is 0 Å². The molecule has 2 heterocycles. The predicted octanol–water partition coefficient (Wildman–Crippen LogP) is 1.12. The quantitative estimate of drug-likeness (QED) is 0.803. The summed E-state index contributed by atoms with van der Waals surface area (Å²) in [7, 11) is 0. The molecule has 2 aliphatic rings. The molecular weight excluding hydrogens is 234 g/mol. The van der Waals surface area contributed by atoms with E-state index >= 15 is 0 Å². The van der Waals surface area contributed by atoms with Crippen molar-refractivity contribution in [2.75, 3.05) is 13.2 Å². The van der Waals surface area contributed by atoms with Crippen molar-refractivity contribution in [1.82, 2.24) is 4.90 Å². The lowest BCUT2D eigenvalue weighted by molar-refractivity contribution is -0.157. The fraction of sp³-hybridized carbons (Fsp3) is 0.846. The van der Waals surface area contributed by atoms with Crippen LogP contribution in [0.5, 0.6) is 0 Å². The van der Waals surface area contributed by atoms with Crippen molar-refractivity contribution in [1.29, 1.82) is 0 Å². The topological polar surface area (TPSA) is 66.8 Å². The molecule has 18 heavy (non-hydrogen) atoms. The zero-order valence-electron chi connectivity index (χ0n) is 11.0. The molecule has 5 nitrogen and oxygen atoms in total. The van der Waals surface area contributed by atoms with Crippen LogP contribution in [0.25, 0.3) is 0 Å². The van der Waals surface area contributed by atoms with Crippen LogP contribution >= 0.6 is 0 Å². The molecule has 0 aromatic rings. The summed E-state index contributed by atoms with van der Waals surface area (Å²) >= 11 is 0. The molecule has 0 aliphatic carbocycles. The first-order valence-electron chi connectivity index (χ1n) is 6.67. The monoisotopic (exact) mass is 255 g/mol. The number of carboxylic acid groups (broad SMARTS) is 1. The molecule has 0 bridgehead atoms. The number of carboxylic acids is 1. The maximum absolute atomic E-state index is 12.5. The van der Waals surface area contributed by atoms with Crippen LogP contribution in [0.2, 0.25) is 0 Å². The standard InChI is InChI=1S/C13H21NO4/c1-8-4-3-6-14(11(8)13(16)17)12(15)10-5-7-18-9(10)2/h8-11H,3-7H2,1-2H3,(H,16,17). The molecule has 0 spiro atoms. The Hall–Kier alpha value is -1.10. The predicted molar refractivity (Wildman–Crippen MR) is 65.1 cm³/mol. The molecule has 2 aliphatic heterocycles. The molecule has 5 heteroatoms. The van der Waals surface area contributed by atoms with E-state index in [-0.39, 0.29) is 23.8 Å². The van der Waals surface area contributed by atoms with Crippen LogP contribution in [-0.2, 0) is 14.3 Å². The summed E-state index contributed by atoms with van der Waals surface area (Å²) < 4.78 is 5.41. The largest absolute Gasteiger partial charge is 0.480 e. The normalized spacial score (nSPS) is 36.7. The highest BCUT2D eigenvalue weighted by molar-refractivity contribution is 5.86. The summed E-state index contributed by atoms with van der Waals surface area (Å²) in [6.45, 7) is 4.95. The number of piperidine rings is 1. The van der Waals surface area contributed by atoms with Gasteiger partial charge in [0.25, 0.3) is 0 Å². The smallest absolute Gasteiger partial charge is 0.326 e. The Kier molecular flexibility index (Phi) is 3.90. The molecular formula is C13H21NO4. The molecule has 2 fully saturated rings.